The number of aryl methyl sites for hydroxylation is 1. The Morgan fingerprint density at radius 2 is 2.03 bits per heavy atom. The van der Waals surface area contributed by atoms with Crippen molar-refractivity contribution in [1.29, 1.82) is 0 Å². The highest BCUT2D eigenvalue weighted by Crippen LogP contribution is 2.40. The number of aromatic nitrogens is 3. The number of hydrogen-bond donors (Lipinski definition) is 1. The normalized spacial score (nSPS) is 12.2. The maximum absolute atomic E-state index is 13.1. The first kappa shape index (κ1) is 22.3. The zero-order chi connectivity index (χ0) is 22.8. The Morgan fingerprint density at radius 1 is 1.28 bits per heavy atom. The molecule has 0 aliphatic rings. The minimum absolute atomic E-state index is 0.0399. The van der Waals surface area contributed by atoms with Crippen LogP contribution in [0.5, 0.6) is 5.75 Å². The van der Waals surface area contributed by atoms with Crippen LogP contribution in [-0.2, 0) is 34.9 Å². The maximum atomic E-state index is 13.1. The monoisotopic (exact) mass is 515 g/mol. The van der Waals surface area contributed by atoms with Gasteiger partial charge in [-0.1, -0.05) is 18.2 Å². The molecule has 0 bridgehead atoms. The molecule has 1 N–H and O–H groups in total. The number of carbonyl (C=O) groups is 1. The van der Waals surface area contributed by atoms with Crippen molar-refractivity contribution in [2.75, 3.05) is 6.61 Å². The lowest BCUT2D eigenvalue weighted by Gasteiger charge is -2.11. The first-order chi connectivity index (χ1) is 15.4. The van der Waals surface area contributed by atoms with Gasteiger partial charge in [0.15, 0.2) is 0 Å². The largest absolute Gasteiger partial charge is 0.506 e. The van der Waals surface area contributed by atoms with Crippen molar-refractivity contribution >= 4 is 43.6 Å². The molecule has 0 aliphatic carbocycles. The average Bonchev–Trinajstić information content (AvgIpc) is 3.39. The van der Waals surface area contributed by atoms with Gasteiger partial charge in [0.05, 0.1) is 51.6 Å². The molecule has 0 spiro atoms. The van der Waals surface area contributed by atoms with Crippen molar-refractivity contribution in [3.8, 4) is 5.75 Å². The average molecular weight is 516 g/mol. The van der Waals surface area contributed by atoms with Crippen molar-refractivity contribution in [2.24, 2.45) is 7.05 Å². The second-order valence-corrected chi connectivity index (χ2v) is 9.52. The molecule has 2 aromatic carbocycles. The highest BCUT2D eigenvalue weighted by Gasteiger charge is 2.28. The fourth-order valence-corrected chi connectivity index (χ4v) is 5.44. The molecular formula is C23H22BrN3O4S. The van der Waals surface area contributed by atoms with E-state index in [-0.39, 0.29) is 18.1 Å². The molecule has 4 aromatic rings. The number of phenolic OH excluding ortho intramolecular Hbond substituents is 1. The number of esters is 1. The highest BCUT2D eigenvalue weighted by molar-refractivity contribution is 9.10. The predicted molar refractivity (Wildman–Crippen MR) is 126 cm³/mol. The van der Waals surface area contributed by atoms with Gasteiger partial charge in [-0.2, -0.15) is 0 Å². The lowest BCUT2D eigenvalue weighted by Crippen LogP contribution is -2.11. The molecule has 0 amide bonds. The molecule has 4 rings (SSSR count). The Morgan fingerprint density at radius 3 is 2.69 bits per heavy atom. The Hall–Kier alpha value is -2.91. The third-order valence-corrected chi connectivity index (χ3v) is 7.23. The SMILES string of the molecule is CCOC(=O)c1c(CS(=O)c2ccccc2)n(C)c2cc(Br)c(O)c(Cn3ccnc3)c12. The number of imidazole rings is 1. The Bertz CT molecular complexity index is 1300. The van der Waals surface area contributed by atoms with E-state index >= 15 is 0 Å². The molecule has 1 unspecified atom stereocenters. The summed E-state index contributed by atoms with van der Waals surface area (Å²) < 4.78 is 22.7. The van der Waals surface area contributed by atoms with Crippen LogP contribution in [0.4, 0.5) is 0 Å². The first-order valence-corrected chi connectivity index (χ1v) is 12.1. The van der Waals surface area contributed by atoms with Crippen LogP contribution < -0.4 is 0 Å². The van der Waals surface area contributed by atoms with Crippen LogP contribution >= 0.6 is 15.9 Å². The zero-order valence-corrected chi connectivity index (χ0v) is 20.0. The van der Waals surface area contributed by atoms with E-state index in [0.29, 0.717) is 38.1 Å². The fraction of sp³-hybridized carbons (Fsp3) is 0.217. The summed E-state index contributed by atoms with van der Waals surface area (Å²) in [5, 5.41) is 11.5. The minimum atomic E-state index is -1.37. The molecule has 0 saturated heterocycles. The van der Waals surface area contributed by atoms with E-state index in [0.717, 1.165) is 5.52 Å². The highest BCUT2D eigenvalue weighted by atomic mass is 79.9. The third kappa shape index (κ3) is 4.10. The molecule has 2 aromatic heterocycles. The van der Waals surface area contributed by atoms with Crippen molar-refractivity contribution in [1.82, 2.24) is 14.1 Å². The van der Waals surface area contributed by atoms with Gasteiger partial charge in [0.1, 0.15) is 5.75 Å². The number of rotatable bonds is 7. The number of aromatic hydroxyl groups is 1. The topological polar surface area (TPSA) is 86.4 Å². The maximum Gasteiger partial charge on any atom is 0.340 e. The number of phenols is 1. The number of nitrogens with zero attached hydrogens (tertiary/aromatic N) is 3. The summed E-state index contributed by atoms with van der Waals surface area (Å²) in [7, 11) is 0.458. The van der Waals surface area contributed by atoms with Crippen LogP contribution in [0.25, 0.3) is 10.9 Å². The standard InChI is InChI=1S/C23H22BrN3O4S/c1-3-31-23(29)21-19(13-32(30)15-7-5-4-6-8-15)26(2)18-11-17(24)22(28)16(20(18)21)12-27-10-9-25-14-27/h4-11,14,28H,3,12-13H2,1-2H3. The van der Waals surface area contributed by atoms with E-state index in [2.05, 4.69) is 20.9 Å². The van der Waals surface area contributed by atoms with E-state index in [9.17, 15) is 14.1 Å². The number of hydrogen-bond acceptors (Lipinski definition) is 5. The smallest absolute Gasteiger partial charge is 0.340 e. The van der Waals surface area contributed by atoms with E-state index in [1.165, 1.54) is 0 Å². The summed E-state index contributed by atoms with van der Waals surface area (Å²) >= 11 is 3.43. The molecule has 0 aliphatic heterocycles. The van der Waals surface area contributed by atoms with E-state index in [1.807, 2.05) is 34.4 Å². The predicted octanol–water partition coefficient (Wildman–Crippen LogP) is 4.38. The summed E-state index contributed by atoms with van der Waals surface area (Å²) in [6.45, 7) is 2.25. The van der Waals surface area contributed by atoms with Gasteiger partial charge in [0.2, 0.25) is 0 Å². The number of fused-ring (bicyclic) bond motifs is 1. The molecule has 0 saturated carbocycles. The van der Waals surface area contributed by atoms with Gasteiger partial charge < -0.3 is 19.0 Å². The Balaban J connectivity index is 1.95. The molecule has 32 heavy (non-hydrogen) atoms. The van der Waals surface area contributed by atoms with Crippen LogP contribution in [-0.4, -0.2) is 36.0 Å². The second-order valence-electron chi connectivity index (χ2n) is 7.22. The van der Waals surface area contributed by atoms with Crippen molar-refractivity contribution in [2.45, 2.75) is 24.1 Å². The molecule has 1 atom stereocenters. The second kappa shape index (κ2) is 9.30. The van der Waals surface area contributed by atoms with E-state index in [4.69, 9.17) is 4.74 Å². The van der Waals surface area contributed by atoms with Crippen LogP contribution in [0, 0.1) is 0 Å². The minimum Gasteiger partial charge on any atom is -0.506 e. The van der Waals surface area contributed by atoms with Gasteiger partial charge in [-0.05, 0) is 41.1 Å². The summed E-state index contributed by atoms with van der Waals surface area (Å²) in [4.78, 5) is 17.9. The lowest BCUT2D eigenvalue weighted by atomic mass is 10.0. The molecule has 166 valence electrons. The number of benzene rings is 2. The van der Waals surface area contributed by atoms with Crippen LogP contribution in [0.2, 0.25) is 0 Å². The van der Waals surface area contributed by atoms with Gasteiger partial charge in [-0.15, -0.1) is 0 Å². The zero-order valence-electron chi connectivity index (χ0n) is 17.6. The number of ether oxygens (including phenoxy) is 1. The van der Waals surface area contributed by atoms with Gasteiger partial charge >= 0.3 is 5.97 Å². The lowest BCUT2D eigenvalue weighted by molar-refractivity contribution is 0.0527. The molecule has 9 heteroatoms. The van der Waals surface area contributed by atoms with E-state index in [1.54, 1.807) is 43.8 Å². The van der Waals surface area contributed by atoms with Crippen molar-refractivity contribution in [3.63, 3.8) is 0 Å². The first-order valence-electron chi connectivity index (χ1n) is 10.00. The molecular weight excluding hydrogens is 494 g/mol. The molecule has 0 radical (unpaired) electrons. The molecule has 0 fully saturated rings. The molecule has 2 heterocycles. The molecule has 7 nitrogen and oxygen atoms in total. The van der Waals surface area contributed by atoms with Gasteiger partial charge in [0, 0.05) is 41.0 Å². The Kier molecular flexibility index (Phi) is 6.48. The summed E-state index contributed by atoms with van der Waals surface area (Å²) in [5.74, 6) is -0.337. The van der Waals surface area contributed by atoms with Crippen LogP contribution in [0.1, 0.15) is 28.5 Å². The van der Waals surface area contributed by atoms with Crippen molar-refractivity contribution < 1.29 is 18.8 Å². The summed E-state index contributed by atoms with van der Waals surface area (Å²) in [6, 6.07) is 10.9. The summed E-state index contributed by atoms with van der Waals surface area (Å²) in [5.41, 5.74) is 2.20. The van der Waals surface area contributed by atoms with E-state index < -0.39 is 16.8 Å². The number of carbonyl (C=O) groups excluding carboxylic acids is 1. The Labute approximate surface area is 196 Å². The van der Waals surface area contributed by atoms with Gasteiger partial charge in [-0.3, -0.25) is 4.21 Å². The van der Waals surface area contributed by atoms with Crippen LogP contribution in [0.3, 0.4) is 0 Å². The van der Waals surface area contributed by atoms with Gasteiger partial charge in [0.25, 0.3) is 0 Å². The van der Waals surface area contributed by atoms with Crippen molar-refractivity contribution in [3.05, 3.63) is 76.4 Å². The number of halogens is 1. The third-order valence-electron chi connectivity index (χ3n) is 5.29. The quantitative estimate of drug-likeness (QED) is 0.369. The van der Waals surface area contributed by atoms with Gasteiger partial charge in [-0.25, -0.2) is 9.78 Å². The van der Waals surface area contributed by atoms with Crippen LogP contribution in [0.15, 0.2) is 64.5 Å². The fourth-order valence-electron chi connectivity index (χ4n) is 3.77. The summed E-state index contributed by atoms with van der Waals surface area (Å²) in [6.07, 6.45) is 5.08.